The topological polar surface area (TPSA) is 32.6 Å². The highest BCUT2D eigenvalue weighted by molar-refractivity contribution is 5.80. The lowest BCUT2D eigenvalue weighted by Crippen LogP contribution is -1.83. The first-order valence-corrected chi connectivity index (χ1v) is 3.96. The highest BCUT2D eigenvalue weighted by Gasteiger charge is 1.84. The van der Waals surface area contributed by atoms with Crippen molar-refractivity contribution in [3.63, 3.8) is 0 Å². The predicted molar refractivity (Wildman–Crippen MR) is 48.9 cm³/mol. The molecule has 0 saturated heterocycles. The fourth-order valence-electron chi connectivity index (χ4n) is 0.801. The normalized spacial score (nSPS) is 11.5. The molecule has 0 aliphatic heterocycles. The van der Waals surface area contributed by atoms with E-state index in [9.17, 15) is 0 Å². The van der Waals surface area contributed by atoms with Gasteiger partial charge in [0.15, 0.2) is 0 Å². The van der Waals surface area contributed by atoms with Crippen molar-refractivity contribution in [1.82, 2.24) is 0 Å². The Morgan fingerprint density at radius 2 is 2.00 bits per heavy atom. The third-order valence-electron chi connectivity index (χ3n) is 1.20. The zero-order chi connectivity index (χ0) is 8.69. The van der Waals surface area contributed by atoms with E-state index in [2.05, 4.69) is 4.99 Å². The number of aliphatic imine (C=N–C) groups is 1. The predicted octanol–water partition coefficient (Wildman–Crippen LogP) is 2.14. The van der Waals surface area contributed by atoms with Gasteiger partial charge in [0.2, 0.25) is 0 Å². The fraction of sp³-hybridized carbons (Fsp3) is 0.667. The standard InChI is InChI=1S/C9H17NO/c1-8(2)10-9(3)6-4-5-7-11/h6,11H,4-5,7H2,1-3H3/b9-6+. The molecule has 0 atom stereocenters. The molecule has 0 rings (SSSR count). The van der Waals surface area contributed by atoms with Gasteiger partial charge in [-0.2, -0.15) is 0 Å². The maximum absolute atomic E-state index is 8.50. The first-order chi connectivity index (χ1) is 5.16. The Morgan fingerprint density at radius 1 is 1.36 bits per heavy atom. The summed E-state index contributed by atoms with van der Waals surface area (Å²) in [5.74, 6) is 0. The minimum atomic E-state index is 0.263. The lowest BCUT2D eigenvalue weighted by atomic mass is 10.3. The molecule has 0 aromatic carbocycles. The van der Waals surface area contributed by atoms with Crippen LogP contribution < -0.4 is 0 Å². The summed E-state index contributed by atoms with van der Waals surface area (Å²) in [4.78, 5) is 4.25. The van der Waals surface area contributed by atoms with Crippen molar-refractivity contribution < 1.29 is 5.11 Å². The molecule has 11 heavy (non-hydrogen) atoms. The van der Waals surface area contributed by atoms with E-state index in [1.54, 1.807) is 0 Å². The Morgan fingerprint density at radius 3 is 2.45 bits per heavy atom. The number of hydrogen-bond acceptors (Lipinski definition) is 2. The Labute approximate surface area is 68.7 Å². The van der Waals surface area contributed by atoms with Crippen LogP contribution in [0.3, 0.4) is 0 Å². The van der Waals surface area contributed by atoms with Crippen LogP contribution in [0.1, 0.15) is 33.6 Å². The van der Waals surface area contributed by atoms with Crippen molar-refractivity contribution in [2.24, 2.45) is 4.99 Å². The molecule has 0 fully saturated rings. The van der Waals surface area contributed by atoms with Crippen LogP contribution in [0.4, 0.5) is 0 Å². The highest BCUT2D eigenvalue weighted by atomic mass is 16.2. The van der Waals surface area contributed by atoms with Gasteiger partial charge in [-0.25, -0.2) is 0 Å². The summed E-state index contributed by atoms with van der Waals surface area (Å²) in [6.07, 6.45) is 3.79. The van der Waals surface area contributed by atoms with Gasteiger partial charge < -0.3 is 5.11 Å². The molecule has 0 aromatic heterocycles. The minimum Gasteiger partial charge on any atom is -0.396 e. The van der Waals surface area contributed by atoms with E-state index >= 15 is 0 Å². The molecule has 64 valence electrons. The van der Waals surface area contributed by atoms with Gasteiger partial charge in [0, 0.05) is 18.0 Å². The van der Waals surface area contributed by atoms with Crippen molar-refractivity contribution in [2.75, 3.05) is 6.61 Å². The van der Waals surface area contributed by atoms with E-state index in [1.165, 1.54) is 0 Å². The van der Waals surface area contributed by atoms with Crippen LogP contribution in [0.15, 0.2) is 16.8 Å². The molecule has 0 spiro atoms. The molecule has 1 N–H and O–H groups in total. The van der Waals surface area contributed by atoms with Gasteiger partial charge >= 0.3 is 0 Å². The zero-order valence-electron chi connectivity index (χ0n) is 7.59. The molecular weight excluding hydrogens is 138 g/mol. The number of aliphatic hydroxyl groups excluding tert-OH is 1. The number of rotatable bonds is 4. The monoisotopic (exact) mass is 155 g/mol. The first kappa shape index (κ1) is 10.4. The summed E-state index contributed by atoms with van der Waals surface area (Å²) < 4.78 is 0. The zero-order valence-corrected chi connectivity index (χ0v) is 7.59. The van der Waals surface area contributed by atoms with Crippen LogP contribution in [0, 0.1) is 0 Å². The fourth-order valence-corrected chi connectivity index (χ4v) is 0.801. The second-order valence-electron chi connectivity index (χ2n) is 2.77. The molecule has 0 amide bonds. The largest absolute Gasteiger partial charge is 0.396 e. The molecule has 0 heterocycles. The van der Waals surface area contributed by atoms with Crippen molar-refractivity contribution in [3.05, 3.63) is 11.8 Å². The minimum absolute atomic E-state index is 0.263. The summed E-state index contributed by atoms with van der Waals surface area (Å²) in [6.45, 7) is 6.19. The Kier molecular flexibility index (Phi) is 5.75. The van der Waals surface area contributed by atoms with E-state index in [4.69, 9.17) is 5.11 Å². The quantitative estimate of drug-likeness (QED) is 0.489. The van der Waals surface area contributed by atoms with Crippen molar-refractivity contribution >= 4 is 5.71 Å². The number of hydrogen-bond donors (Lipinski definition) is 1. The van der Waals surface area contributed by atoms with Crippen molar-refractivity contribution in [2.45, 2.75) is 33.6 Å². The Balaban J connectivity index is 3.72. The van der Waals surface area contributed by atoms with Gasteiger partial charge in [0.05, 0.1) is 0 Å². The number of allylic oxidation sites excluding steroid dienone is 2. The highest BCUT2D eigenvalue weighted by Crippen LogP contribution is 1.99. The maximum atomic E-state index is 8.50. The maximum Gasteiger partial charge on any atom is 0.0433 e. The summed E-state index contributed by atoms with van der Waals surface area (Å²) in [5, 5.41) is 8.50. The summed E-state index contributed by atoms with van der Waals surface area (Å²) in [7, 11) is 0. The number of unbranched alkanes of at least 4 members (excludes halogenated alkanes) is 1. The van der Waals surface area contributed by atoms with Crippen molar-refractivity contribution in [1.29, 1.82) is 0 Å². The van der Waals surface area contributed by atoms with Gasteiger partial charge in [-0.15, -0.1) is 0 Å². The van der Waals surface area contributed by atoms with Crippen LogP contribution in [-0.2, 0) is 0 Å². The molecule has 0 saturated carbocycles. The van der Waals surface area contributed by atoms with Gasteiger partial charge in [-0.1, -0.05) is 6.08 Å². The lowest BCUT2D eigenvalue weighted by molar-refractivity contribution is 0.289. The van der Waals surface area contributed by atoms with Gasteiger partial charge in [-0.3, -0.25) is 4.99 Å². The van der Waals surface area contributed by atoms with Gasteiger partial charge in [0.25, 0.3) is 0 Å². The first-order valence-electron chi connectivity index (χ1n) is 3.96. The third kappa shape index (κ3) is 7.26. The molecule has 2 nitrogen and oxygen atoms in total. The molecule has 0 aliphatic carbocycles. The molecule has 2 heteroatoms. The summed E-state index contributed by atoms with van der Waals surface area (Å²) >= 11 is 0. The Bertz CT molecular complexity index is 155. The van der Waals surface area contributed by atoms with Crippen LogP contribution >= 0.6 is 0 Å². The summed E-state index contributed by atoms with van der Waals surface area (Å²) in [5.41, 5.74) is 2.11. The third-order valence-corrected chi connectivity index (χ3v) is 1.20. The van der Waals surface area contributed by atoms with E-state index in [0.717, 1.165) is 24.3 Å². The van der Waals surface area contributed by atoms with Crippen LogP contribution in [-0.4, -0.2) is 17.4 Å². The molecule has 0 bridgehead atoms. The summed E-state index contributed by atoms with van der Waals surface area (Å²) in [6, 6.07) is 0. The lowest BCUT2D eigenvalue weighted by Gasteiger charge is -1.93. The number of aliphatic hydroxyl groups is 1. The number of nitrogens with zero attached hydrogens (tertiary/aromatic N) is 1. The second-order valence-corrected chi connectivity index (χ2v) is 2.77. The molecule has 0 unspecified atom stereocenters. The van der Waals surface area contributed by atoms with Crippen LogP contribution in [0.2, 0.25) is 0 Å². The van der Waals surface area contributed by atoms with Crippen LogP contribution in [0.25, 0.3) is 0 Å². The molecular formula is C9H17NO. The SMILES string of the molecule is CC(C)=N/C(C)=C/CCCO. The average molecular weight is 155 g/mol. The van der Waals surface area contributed by atoms with Crippen LogP contribution in [0.5, 0.6) is 0 Å². The Hall–Kier alpha value is -0.630. The van der Waals surface area contributed by atoms with E-state index in [0.29, 0.717) is 0 Å². The molecule has 0 radical (unpaired) electrons. The van der Waals surface area contributed by atoms with E-state index in [-0.39, 0.29) is 6.61 Å². The van der Waals surface area contributed by atoms with Gasteiger partial charge in [0.1, 0.15) is 0 Å². The molecule has 0 aromatic rings. The van der Waals surface area contributed by atoms with Gasteiger partial charge in [-0.05, 0) is 33.6 Å². The smallest absolute Gasteiger partial charge is 0.0433 e. The molecule has 0 aliphatic rings. The van der Waals surface area contributed by atoms with E-state index in [1.807, 2.05) is 26.8 Å². The second kappa shape index (κ2) is 6.10. The van der Waals surface area contributed by atoms with E-state index < -0.39 is 0 Å². The average Bonchev–Trinajstić information content (AvgIpc) is 1.86. The van der Waals surface area contributed by atoms with Crippen molar-refractivity contribution in [3.8, 4) is 0 Å².